The average Bonchev–Trinajstić information content (AvgIpc) is 3.10. The molecule has 24 heavy (non-hydrogen) atoms. The number of amides is 1. The summed E-state index contributed by atoms with van der Waals surface area (Å²) in [5, 5.41) is 10.2. The number of aromatic nitrogens is 2. The third kappa shape index (κ3) is 3.44. The van der Waals surface area contributed by atoms with E-state index in [1.165, 1.54) is 6.07 Å². The quantitative estimate of drug-likeness (QED) is 0.811. The van der Waals surface area contributed by atoms with Crippen molar-refractivity contribution in [3.05, 3.63) is 46.5 Å². The second-order valence-corrected chi connectivity index (χ2v) is 5.85. The molecule has 7 heteroatoms. The molecule has 1 aliphatic carbocycles. The second-order valence-electron chi connectivity index (χ2n) is 5.85. The molecule has 0 fully saturated rings. The lowest BCUT2D eigenvalue weighted by Crippen LogP contribution is -2.31. The molecule has 5 nitrogen and oxygen atoms in total. The van der Waals surface area contributed by atoms with E-state index >= 15 is 0 Å². The van der Waals surface area contributed by atoms with Gasteiger partial charge >= 0.3 is 0 Å². The fourth-order valence-corrected chi connectivity index (χ4v) is 2.99. The molecule has 1 aromatic carbocycles. The maximum Gasteiger partial charge on any atom is 0.272 e. The number of carbonyl (C=O) groups excluding carboxylic acids is 1. The van der Waals surface area contributed by atoms with Crippen LogP contribution in [0.3, 0.4) is 0 Å². The van der Waals surface area contributed by atoms with Crippen molar-refractivity contribution in [1.29, 1.82) is 0 Å². The van der Waals surface area contributed by atoms with E-state index in [0.717, 1.165) is 36.1 Å². The number of hydrogen-bond acceptors (Lipinski definition) is 3. The fraction of sp³-hybridized carbons (Fsp3) is 0.412. The van der Waals surface area contributed by atoms with Gasteiger partial charge in [0.2, 0.25) is 0 Å². The van der Waals surface area contributed by atoms with Gasteiger partial charge in [-0.05, 0) is 50.9 Å². The summed E-state index contributed by atoms with van der Waals surface area (Å²) >= 11 is 0. The molecule has 0 unspecified atom stereocenters. The highest BCUT2D eigenvalue weighted by Crippen LogP contribution is 2.28. The Balaban J connectivity index is 0.00000208. The third-order valence-electron chi connectivity index (χ3n) is 4.14. The summed E-state index contributed by atoms with van der Waals surface area (Å²) in [5.74, 6) is -0.506. The molecule has 0 aliphatic heterocycles. The molecular formula is C17H22ClFN4O. The number of nitrogens with zero attached hydrogens (tertiary/aromatic N) is 2. The lowest BCUT2D eigenvalue weighted by Gasteiger charge is -2.07. The van der Waals surface area contributed by atoms with Crippen LogP contribution in [0.15, 0.2) is 18.2 Å². The molecule has 0 saturated carbocycles. The average molecular weight is 353 g/mol. The van der Waals surface area contributed by atoms with Crippen LogP contribution in [0.4, 0.5) is 4.39 Å². The van der Waals surface area contributed by atoms with Crippen molar-refractivity contribution in [3.63, 3.8) is 0 Å². The highest BCUT2D eigenvalue weighted by atomic mass is 35.5. The molecule has 130 valence electrons. The van der Waals surface area contributed by atoms with E-state index in [9.17, 15) is 9.18 Å². The van der Waals surface area contributed by atoms with E-state index in [1.807, 2.05) is 20.0 Å². The summed E-state index contributed by atoms with van der Waals surface area (Å²) in [6.45, 7) is 3.08. The topological polar surface area (TPSA) is 58.9 Å². The Hall–Kier alpha value is -1.92. The van der Waals surface area contributed by atoms with Gasteiger partial charge < -0.3 is 10.6 Å². The molecule has 0 radical (unpaired) electrons. The van der Waals surface area contributed by atoms with Gasteiger partial charge in [-0.2, -0.15) is 5.10 Å². The van der Waals surface area contributed by atoms with Gasteiger partial charge in [-0.1, -0.05) is 6.07 Å². The predicted octanol–water partition coefficient (Wildman–Crippen LogP) is 2.18. The van der Waals surface area contributed by atoms with Crippen molar-refractivity contribution in [2.45, 2.75) is 26.2 Å². The minimum Gasteiger partial charge on any atom is -0.349 e. The van der Waals surface area contributed by atoms with Gasteiger partial charge in [0.15, 0.2) is 5.69 Å². The minimum atomic E-state index is -0.315. The molecule has 0 bridgehead atoms. The number of benzene rings is 1. The molecule has 2 aromatic rings. The standard InChI is InChI=1S/C17H21FN4O.ClH/c1-11-6-7-15(13(18)10-11)22-14-5-3-4-12(14)16(21-22)17(23)20-9-8-19-2;/h6-7,10,19H,3-5,8-9H2,1-2H3,(H,20,23);1H. The SMILES string of the molecule is CNCCNC(=O)c1nn(-c2ccc(C)cc2F)c2c1CCC2.Cl. The molecule has 3 rings (SSSR count). The molecule has 1 aromatic heterocycles. The Morgan fingerprint density at radius 2 is 2.12 bits per heavy atom. The zero-order valence-corrected chi connectivity index (χ0v) is 14.7. The van der Waals surface area contributed by atoms with E-state index in [-0.39, 0.29) is 24.1 Å². The zero-order valence-electron chi connectivity index (χ0n) is 13.9. The Bertz CT molecular complexity index is 744. The first-order valence-electron chi connectivity index (χ1n) is 7.92. The number of nitrogens with one attached hydrogen (secondary N) is 2. The predicted molar refractivity (Wildman–Crippen MR) is 93.8 cm³/mol. The van der Waals surface area contributed by atoms with Crippen molar-refractivity contribution in [2.24, 2.45) is 0 Å². The summed E-state index contributed by atoms with van der Waals surface area (Å²) in [5.41, 5.74) is 3.59. The smallest absolute Gasteiger partial charge is 0.272 e. The van der Waals surface area contributed by atoms with Crippen molar-refractivity contribution < 1.29 is 9.18 Å². The first kappa shape index (κ1) is 18.4. The summed E-state index contributed by atoms with van der Waals surface area (Å²) in [7, 11) is 1.83. The van der Waals surface area contributed by atoms with Gasteiger partial charge in [0.25, 0.3) is 5.91 Å². The van der Waals surface area contributed by atoms with Crippen LogP contribution in [0, 0.1) is 12.7 Å². The van der Waals surface area contributed by atoms with E-state index in [1.54, 1.807) is 10.7 Å². The van der Waals surface area contributed by atoms with Gasteiger partial charge in [-0.25, -0.2) is 9.07 Å². The van der Waals surface area contributed by atoms with Crippen molar-refractivity contribution in [2.75, 3.05) is 20.1 Å². The molecule has 0 spiro atoms. The van der Waals surface area contributed by atoms with Crippen LogP contribution in [-0.4, -0.2) is 35.8 Å². The van der Waals surface area contributed by atoms with Gasteiger partial charge in [0.1, 0.15) is 11.5 Å². The highest BCUT2D eigenvalue weighted by molar-refractivity contribution is 5.94. The molecular weight excluding hydrogens is 331 g/mol. The van der Waals surface area contributed by atoms with Crippen LogP contribution in [0.25, 0.3) is 5.69 Å². The van der Waals surface area contributed by atoms with E-state index in [4.69, 9.17) is 0 Å². The minimum absolute atomic E-state index is 0. The van der Waals surface area contributed by atoms with Crippen LogP contribution in [0.2, 0.25) is 0 Å². The summed E-state index contributed by atoms with van der Waals surface area (Å²) in [6.07, 6.45) is 2.61. The lowest BCUT2D eigenvalue weighted by molar-refractivity contribution is 0.0948. The first-order valence-corrected chi connectivity index (χ1v) is 7.92. The molecule has 1 aliphatic rings. The molecule has 2 N–H and O–H groups in total. The summed E-state index contributed by atoms with van der Waals surface area (Å²) < 4.78 is 15.9. The number of halogens is 2. The van der Waals surface area contributed by atoms with Crippen molar-refractivity contribution in [3.8, 4) is 5.69 Å². The highest BCUT2D eigenvalue weighted by Gasteiger charge is 2.27. The van der Waals surface area contributed by atoms with Gasteiger partial charge in [0.05, 0.1) is 0 Å². The number of hydrogen-bond donors (Lipinski definition) is 2. The maximum atomic E-state index is 14.3. The van der Waals surface area contributed by atoms with E-state index in [2.05, 4.69) is 15.7 Å². The Labute approximate surface area is 147 Å². The molecule has 0 atom stereocenters. The molecule has 0 saturated heterocycles. The van der Waals surface area contributed by atoms with Gasteiger partial charge in [-0.15, -0.1) is 12.4 Å². The maximum absolute atomic E-state index is 14.3. The van der Waals surface area contributed by atoms with E-state index < -0.39 is 0 Å². The van der Waals surface area contributed by atoms with Crippen LogP contribution < -0.4 is 10.6 Å². The van der Waals surface area contributed by atoms with Crippen LogP contribution in [0.1, 0.15) is 33.7 Å². The largest absolute Gasteiger partial charge is 0.349 e. The third-order valence-corrected chi connectivity index (χ3v) is 4.14. The number of fused-ring (bicyclic) bond motifs is 1. The first-order chi connectivity index (χ1) is 11.1. The van der Waals surface area contributed by atoms with Crippen LogP contribution in [0.5, 0.6) is 0 Å². The molecule has 1 amide bonds. The monoisotopic (exact) mass is 352 g/mol. The fourth-order valence-electron chi connectivity index (χ4n) is 2.99. The Morgan fingerprint density at radius 1 is 1.33 bits per heavy atom. The second kappa shape index (κ2) is 7.77. The number of likely N-dealkylation sites (N-methyl/N-ethyl adjacent to an activating group) is 1. The van der Waals surface area contributed by atoms with Crippen LogP contribution >= 0.6 is 12.4 Å². The Kier molecular flexibility index (Phi) is 5.96. The zero-order chi connectivity index (χ0) is 16.4. The van der Waals surface area contributed by atoms with Crippen molar-refractivity contribution in [1.82, 2.24) is 20.4 Å². The number of rotatable bonds is 5. The normalized spacial score (nSPS) is 12.6. The summed E-state index contributed by atoms with van der Waals surface area (Å²) in [6, 6.07) is 5.07. The van der Waals surface area contributed by atoms with Gasteiger partial charge in [0, 0.05) is 24.3 Å². The van der Waals surface area contributed by atoms with E-state index in [0.29, 0.717) is 24.5 Å². The van der Waals surface area contributed by atoms with Crippen molar-refractivity contribution >= 4 is 18.3 Å². The number of aryl methyl sites for hydroxylation is 1. The molecule has 1 heterocycles. The van der Waals surface area contributed by atoms with Gasteiger partial charge in [-0.3, -0.25) is 4.79 Å². The summed E-state index contributed by atoms with van der Waals surface area (Å²) in [4.78, 5) is 12.4. The Morgan fingerprint density at radius 3 is 2.83 bits per heavy atom. The van der Waals surface area contributed by atoms with Crippen LogP contribution in [-0.2, 0) is 12.8 Å². The number of carbonyl (C=O) groups is 1. The lowest BCUT2D eigenvalue weighted by atomic mass is 10.2.